The monoisotopic (exact) mass is 257 g/mol. The molecule has 0 amide bonds. The summed E-state index contributed by atoms with van der Waals surface area (Å²) in [6.07, 6.45) is 1.38. The first-order valence-corrected chi connectivity index (χ1v) is 6.03. The number of carbonyl (C=O) groups excluding carboxylic acids is 2. The lowest BCUT2D eigenvalue weighted by Gasteiger charge is -2.27. The Morgan fingerprint density at radius 1 is 1.71 bits per heavy atom. The molecule has 0 bridgehead atoms. The molecule has 1 rings (SSSR count). The first-order chi connectivity index (χ1) is 8.07. The summed E-state index contributed by atoms with van der Waals surface area (Å²) >= 11 is 5.68. The number of ether oxygens (including phenoxy) is 1. The third-order valence-electron chi connectivity index (χ3n) is 2.72. The second-order valence-electron chi connectivity index (χ2n) is 4.07. The molecule has 1 N–H and O–H groups in total. The van der Waals surface area contributed by atoms with E-state index in [9.17, 15) is 9.59 Å². The second-order valence-corrected chi connectivity index (χ2v) is 4.34. The predicted molar refractivity (Wildman–Crippen MR) is 65.4 cm³/mol. The van der Waals surface area contributed by atoms with Crippen LogP contribution in [0.1, 0.15) is 26.2 Å². The van der Waals surface area contributed by atoms with Crippen LogP contribution in [-0.2, 0) is 14.3 Å². The van der Waals surface area contributed by atoms with E-state index < -0.39 is 5.54 Å². The summed E-state index contributed by atoms with van der Waals surface area (Å²) in [5, 5.41) is 2.90. The molecule has 17 heavy (non-hydrogen) atoms. The highest BCUT2D eigenvalue weighted by molar-refractivity contribution is 6.19. The van der Waals surface area contributed by atoms with Gasteiger partial charge < -0.3 is 10.1 Å². The number of esters is 1. The molecule has 1 heterocycles. The predicted octanol–water partition coefficient (Wildman–Crippen LogP) is 1.57. The maximum absolute atomic E-state index is 12.0. The Morgan fingerprint density at radius 2 is 2.41 bits per heavy atom. The number of halogens is 1. The normalized spacial score (nSPS) is 22.8. The van der Waals surface area contributed by atoms with Crippen LogP contribution in [0, 0.1) is 0 Å². The molecule has 0 aromatic heterocycles. The molecule has 1 aliphatic rings. The minimum atomic E-state index is -0.894. The highest BCUT2D eigenvalue weighted by Crippen LogP contribution is 2.31. The van der Waals surface area contributed by atoms with Gasteiger partial charge in [0.1, 0.15) is 11.5 Å². The molecule has 1 saturated heterocycles. The molecule has 1 unspecified atom stereocenters. The highest BCUT2D eigenvalue weighted by Gasteiger charge is 2.44. The molecular weight excluding hydrogens is 242 g/mol. The number of allylic oxidation sites excluding steroid dienone is 1. The summed E-state index contributed by atoms with van der Waals surface area (Å²) in [7, 11) is 0. The number of alkyl halides is 1. The fourth-order valence-electron chi connectivity index (χ4n) is 1.93. The van der Waals surface area contributed by atoms with Crippen LogP contribution in [0.3, 0.4) is 0 Å². The largest absolute Gasteiger partial charge is 0.464 e. The van der Waals surface area contributed by atoms with Crippen LogP contribution in [0.15, 0.2) is 17.8 Å². The zero-order valence-electron chi connectivity index (χ0n) is 9.85. The Balaban J connectivity index is 2.90. The molecule has 0 radical (unpaired) electrons. The number of rotatable bonds is 5. The molecule has 94 valence electrons. The minimum Gasteiger partial charge on any atom is -0.464 e. The number of hydrogen-bond donors (Lipinski definition) is 1. The number of hydrogen-bond acceptors (Lipinski definition) is 4. The van der Waals surface area contributed by atoms with Gasteiger partial charge in [-0.3, -0.25) is 0 Å². The Labute approximate surface area is 106 Å². The van der Waals surface area contributed by atoms with E-state index in [0.29, 0.717) is 31.6 Å². The van der Waals surface area contributed by atoms with Gasteiger partial charge in [-0.05, 0) is 13.3 Å². The average Bonchev–Trinajstić information content (AvgIpc) is 2.74. The van der Waals surface area contributed by atoms with Crippen LogP contribution < -0.4 is 5.32 Å². The lowest BCUT2D eigenvalue weighted by Crippen LogP contribution is -2.48. The molecule has 5 heteroatoms. The third kappa shape index (κ3) is 3.11. The van der Waals surface area contributed by atoms with Crippen molar-refractivity contribution < 1.29 is 14.3 Å². The van der Waals surface area contributed by atoms with Crippen LogP contribution in [0.5, 0.6) is 0 Å². The zero-order chi connectivity index (χ0) is 12.9. The number of carbonyl (C=O) groups is 1. The fraction of sp³-hybridized carbons (Fsp3) is 0.583. The van der Waals surface area contributed by atoms with Gasteiger partial charge in [0.25, 0.3) is 0 Å². The van der Waals surface area contributed by atoms with Crippen molar-refractivity contribution >= 4 is 23.5 Å². The van der Waals surface area contributed by atoms with E-state index in [1.807, 2.05) is 0 Å². The molecule has 0 aromatic carbocycles. The maximum Gasteiger partial charge on any atom is 0.332 e. The van der Waals surface area contributed by atoms with Crippen molar-refractivity contribution in [3.63, 3.8) is 0 Å². The van der Waals surface area contributed by atoms with Gasteiger partial charge in [0, 0.05) is 18.7 Å². The standard InChI is InChI=1S/C12H16ClNO3/c1-3-17-11(16)12(6-9(2)7-13)5-4-10(8-15)14-12/h14H,2-7H2,1H3. The Bertz CT molecular complexity index is 374. The van der Waals surface area contributed by atoms with Gasteiger partial charge in [-0.2, -0.15) is 0 Å². The van der Waals surface area contributed by atoms with E-state index in [2.05, 4.69) is 11.9 Å². The van der Waals surface area contributed by atoms with E-state index in [1.54, 1.807) is 12.9 Å². The van der Waals surface area contributed by atoms with Crippen molar-refractivity contribution in [3.05, 3.63) is 17.8 Å². The van der Waals surface area contributed by atoms with Gasteiger partial charge >= 0.3 is 5.97 Å². The van der Waals surface area contributed by atoms with Crippen molar-refractivity contribution in [3.8, 4) is 0 Å². The van der Waals surface area contributed by atoms with Crippen LogP contribution in [0.2, 0.25) is 0 Å². The van der Waals surface area contributed by atoms with E-state index in [0.717, 1.165) is 5.57 Å². The molecule has 0 aliphatic carbocycles. The highest BCUT2D eigenvalue weighted by atomic mass is 35.5. The Hall–Kier alpha value is -1.25. The summed E-state index contributed by atoms with van der Waals surface area (Å²) in [5.74, 6) is 1.71. The first-order valence-electron chi connectivity index (χ1n) is 5.50. The molecule has 0 saturated carbocycles. The SMILES string of the molecule is C=C(CCl)CC1(C(=O)OCC)CCC(=C=O)N1. The molecule has 0 aromatic rings. The average molecular weight is 258 g/mol. The van der Waals surface area contributed by atoms with E-state index in [4.69, 9.17) is 16.3 Å². The molecule has 1 fully saturated rings. The van der Waals surface area contributed by atoms with Crippen molar-refractivity contribution in [2.75, 3.05) is 12.5 Å². The Morgan fingerprint density at radius 3 is 2.88 bits per heavy atom. The van der Waals surface area contributed by atoms with Crippen LogP contribution in [-0.4, -0.2) is 29.9 Å². The van der Waals surface area contributed by atoms with Crippen LogP contribution in [0.25, 0.3) is 0 Å². The lowest BCUT2D eigenvalue weighted by atomic mass is 9.90. The van der Waals surface area contributed by atoms with Gasteiger partial charge in [0.05, 0.1) is 12.3 Å². The third-order valence-corrected chi connectivity index (χ3v) is 3.10. The molecule has 4 nitrogen and oxygen atoms in total. The Kier molecular flexibility index (Phi) is 4.79. The van der Waals surface area contributed by atoms with Crippen LogP contribution >= 0.6 is 11.6 Å². The molecule has 1 aliphatic heterocycles. The molecule has 1 atom stereocenters. The summed E-state index contributed by atoms with van der Waals surface area (Å²) in [4.78, 5) is 22.6. The van der Waals surface area contributed by atoms with E-state index in [1.165, 1.54) is 0 Å². The van der Waals surface area contributed by atoms with Gasteiger partial charge in [-0.15, -0.1) is 11.6 Å². The van der Waals surface area contributed by atoms with Crippen molar-refractivity contribution in [1.82, 2.24) is 5.32 Å². The van der Waals surface area contributed by atoms with Crippen LogP contribution in [0.4, 0.5) is 0 Å². The van der Waals surface area contributed by atoms with Crippen molar-refractivity contribution in [2.45, 2.75) is 31.7 Å². The quantitative estimate of drug-likeness (QED) is 0.352. The van der Waals surface area contributed by atoms with Gasteiger partial charge in [-0.1, -0.05) is 12.2 Å². The van der Waals surface area contributed by atoms with E-state index in [-0.39, 0.29) is 11.8 Å². The van der Waals surface area contributed by atoms with Crippen molar-refractivity contribution in [1.29, 1.82) is 0 Å². The minimum absolute atomic E-state index is 0.281. The van der Waals surface area contributed by atoms with Crippen molar-refractivity contribution in [2.24, 2.45) is 0 Å². The summed E-state index contributed by atoms with van der Waals surface area (Å²) in [5.41, 5.74) is 0.245. The summed E-state index contributed by atoms with van der Waals surface area (Å²) in [6, 6.07) is 0. The smallest absolute Gasteiger partial charge is 0.332 e. The first kappa shape index (κ1) is 13.8. The van der Waals surface area contributed by atoms with E-state index >= 15 is 0 Å². The molecular formula is C12H16ClNO3. The topological polar surface area (TPSA) is 55.4 Å². The van der Waals surface area contributed by atoms with Gasteiger partial charge in [-0.25, -0.2) is 9.59 Å². The summed E-state index contributed by atoms with van der Waals surface area (Å²) < 4.78 is 5.04. The van der Waals surface area contributed by atoms with Gasteiger partial charge in [0.2, 0.25) is 0 Å². The summed E-state index contributed by atoms with van der Waals surface area (Å²) in [6.45, 7) is 5.83. The molecule has 0 spiro atoms. The second kappa shape index (κ2) is 5.89. The van der Waals surface area contributed by atoms with Gasteiger partial charge in [0.15, 0.2) is 0 Å². The maximum atomic E-state index is 12.0. The zero-order valence-corrected chi connectivity index (χ0v) is 10.6. The number of nitrogens with one attached hydrogen (secondary N) is 1. The fourth-order valence-corrected chi connectivity index (χ4v) is 2.02. The lowest BCUT2D eigenvalue weighted by molar-refractivity contribution is -0.150.